The van der Waals surface area contributed by atoms with Gasteiger partial charge in [0.1, 0.15) is 0 Å². The number of nitrogens with one attached hydrogen (secondary N) is 3. The van der Waals surface area contributed by atoms with Crippen molar-refractivity contribution >= 4 is 35.8 Å². The van der Waals surface area contributed by atoms with Crippen LogP contribution < -0.4 is 16.0 Å². The third-order valence-electron chi connectivity index (χ3n) is 2.72. The highest BCUT2D eigenvalue weighted by Crippen LogP contribution is 2.02. The van der Waals surface area contributed by atoms with E-state index in [9.17, 15) is 4.79 Å². The number of aliphatic imine (C=N–C) groups is 1. The van der Waals surface area contributed by atoms with Gasteiger partial charge in [-0.15, -0.1) is 24.0 Å². The third kappa shape index (κ3) is 13.9. The highest BCUT2D eigenvalue weighted by Gasteiger charge is 2.04. The molecule has 1 unspecified atom stereocenters. The van der Waals surface area contributed by atoms with E-state index >= 15 is 0 Å². The van der Waals surface area contributed by atoms with Gasteiger partial charge in [-0.2, -0.15) is 0 Å². The van der Waals surface area contributed by atoms with E-state index in [0.717, 1.165) is 18.9 Å². The lowest BCUT2D eigenvalue weighted by atomic mass is 10.1. The van der Waals surface area contributed by atoms with Crippen LogP contribution in [0.15, 0.2) is 4.99 Å². The van der Waals surface area contributed by atoms with Crippen LogP contribution in [0, 0.1) is 0 Å². The van der Waals surface area contributed by atoms with Crippen molar-refractivity contribution in [3.05, 3.63) is 0 Å². The van der Waals surface area contributed by atoms with Crippen LogP contribution in [0.3, 0.4) is 0 Å². The van der Waals surface area contributed by atoms with Crippen molar-refractivity contribution in [3.63, 3.8) is 0 Å². The molecule has 0 aromatic rings. The molecule has 0 aliphatic heterocycles. The van der Waals surface area contributed by atoms with Crippen LogP contribution in [0.5, 0.6) is 0 Å². The highest BCUT2D eigenvalue weighted by molar-refractivity contribution is 14.0. The van der Waals surface area contributed by atoms with Crippen LogP contribution in [0.4, 0.5) is 0 Å². The standard InChI is InChI=1S/C14H30N4O.HI/c1-5-7-8-9-12(3)18-14(15-6-2)17-11-10-16-13(4)19;/h12H,5-11H2,1-4H3,(H,16,19)(H2,15,17,18);1H. The molecule has 20 heavy (non-hydrogen) atoms. The number of amides is 1. The van der Waals surface area contributed by atoms with Gasteiger partial charge < -0.3 is 16.0 Å². The van der Waals surface area contributed by atoms with Crippen molar-refractivity contribution in [2.45, 2.75) is 59.4 Å². The fourth-order valence-electron chi connectivity index (χ4n) is 1.73. The highest BCUT2D eigenvalue weighted by atomic mass is 127. The van der Waals surface area contributed by atoms with E-state index in [1.165, 1.54) is 26.2 Å². The Morgan fingerprint density at radius 3 is 2.45 bits per heavy atom. The van der Waals surface area contributed by atoms with Gasteiger partial charge in [-0.3, -0.25) is 9.79 Å². The van der Waals surface area contributed by atoms with Gasteiger partial charge in [0.25, 0.3) is 0 Å². The van der Waals surface area contributed by atoms with Crippen molar-refractivity contribution < 1.29 is 4.79 Å². The second kappa shape index (κ2) is 14.9. The maximum Gasteiger partial charge on any atom is 0.216 e. The number of carbonyl (C=O) groups is 1. The quantitative estimate of drug-likeness (QED) is 0.242. The summed E-state index contributed by atoms with van der Waals surface area (Å²) in [5.74, 6) is 0.818. The summed E-state index contributed by atoms with van der Waals surface area (Å²) in [6.07, 6.45) is 4.93. The van der Waals surface area contributed by atoms with E-state index in [1.54, 1.807) is 0 Å². The average molecular weight is 398 g/mol. The number of hydrogen-bond donors (Lipinski definition) is 3. The normalized spacial score (nSPS) is 12.3. The van der Waals surface area contributed by atoms with Crippen LogP contribution in [0.1, 0.15) is 53.4 Å². The van der Waals surface area contributed by atoms with E-state index in [2.05, 4.69) is 34.8 Å². The molecule has 1 amide bonds. The van der Waals surface area contributed by atoms with Gasteiger partial charge >= 0.3 is 0 Å². The Kier molecular flexibility index (Phi) is 16.2. The van der Waals surface area contributed by atoms with E-state index in [0.29, 0.717) is 19.1 Å². The van der Waals surface area contributed by atoms with E-state index in [4.69, 9.17) is 0 Å². The van der Waals surface area contributed by atoms with E-state index in [-0.39, 0.29) is 29.9 Å². The average Bonchev–Trinajstić information content (AvgIpc) is 2.35. The summed E-state index contributed by atoms with van der Waals surface area (Å²) in [5, 5.41) is 9.35. The summed E-state index contributed by atoms with van der Waals surface area (Å²) in [7, 11) is 0. The fourth-order valence-corrected chi connectivity index (χ4v) is 1.73. The molecule has 1 atom stereocenters. The molecule has 0 radical (unpaired) electrons. The minimum atomic E-state index is -0.0129. The minimum absolute atomic E-state index is 0. The fraction of sp³-hybridized carbons (Fsp3) is 0.857. The number of nitrogens with zero attached hydrogens (tertiary/aromatic N) is 1. The Hall–Kier alpha value is -0.530. The molecule has 0 aliphatic rings. The van der Waals surface area contributed by atoms with Gasteiger partial charge in [0.2, 0.25) is 5.91 Å². The number of carbonyl (C=O) groups excluding carboxylic acids is 1. The maximum absolute atomic E-state index is 10.7. The summed E-state index contributed by atoms with van der Waals surface area (Å²) >= 11 is 0. The van der Waals surface area contributed by atoms with Crippen molar-refractivity contribution in [2.75, 3.05) is 19.6 Å². The van der Waals surface area contributed by atoms with Crippen LogP contribution in [-0.2, 0) is 4.79 Å². The molecule has 0 heterocycles. The molecule has 0 aromatic heterocycles. The van der Waals surface area contributed by atoms with Gasteiger partial charge in [0.15, 0.2) is 5.96 Å². The monoisotopic (exact) mass is 398 g/mol. The van der Waals surface area contributed by atoms with Crippen LogP contribution in [0.2, 0.25) is 0 Å². The summed E-state index contributed by atoms with van der Waals surface area (Å²) in [4.78, 5) is 15.2. The predicted octanol–water partition coefficient (Wildman–Crippen LogP) is 2.26. The van der Waals surface area contributed by atoms with Crippen molar-refractivity contribution in [1.29, 1.82) is 0 Å². The zero-order valence-electron chi connectivity index (χ0n) is 13.3. The largest absolute Gasteiger partial charge is 0.357 e. The number of rotatable bonds is 9. The molecule has 0 bridgehead atoms. The Balaban J connectivity index is 0. The first kappa shape index (κ1) is 21.8. The van der Waals surface area contributed by atoms with Crippen molar-refractivity contribution in [2.24, 2.45) is 4.99 Å². The molecule has 0 aromatic carbocycles. The zero-order valence-corrected chi connectivity index (χ0v) is 15.6. The summed E-state index contributed by atoms with van der Waals surface area (Å²) in [6, 6.07) is 0.421. The van der Waals surface area contributed by atoms with Crippen molar-refractivity contribution in [1.82, 2.24) is 16.0 Å². The topological polar surface area (TPSA) is 65.5 Å². The van der Waals surface area contributed by atoms with Gasteiger partial charge in [-0.05, 0) is 20.3 Å². The lowest BCUT2D eigenvalue weighted by Crippen LogP contribution is -2.42. The second-order valence-electron chi connectivity index (χ2n) is 4.78. The Bertz CT molecular complexity index is 272. The molecule has 0 fully saturated rings. The van der Waals surface area contributed by atoms with Gasteiger partial charge in [-0.25, -0.2) is 0 Å². The molecule has 0 saturated carbocycles. The SMILES string of the molecule is CCCCCC(C)NC(=NCCNC(C)=O)NCC.I. The molecule has 0 spiro atoms. The molecule has 0 aliphatic carbocycles. The first-order chi connectivity index (χ1) is 9.10. The number of hydrogen-bond acceptors (Lipinski definition) is 2. The first-order valence-corrected chi connectivity index (χ1v) is 7.39. The Labute approximate surface area is 140 Å². The van der Waals surface area contributed by atoms with Crippen molar-refractivity contribution in [3.8, 4) is 0 Å². The number of guanidine groups is 1. The van der Waals surface area contributed by atoms with Crippen LogP contribution in [-0.4, -0.2) is 37.5 Å². The molecular formula is C14H31IN4O. The first-order valence-electron chi connectivity index (χ1n) is 7.39. The minimum Gasteiger partial charge on any atom is -0.357 e. The maximum atomic E-state index is 10.7. The zero-order chi connectivity index (χ0) is 14.5. The molecule has 0 saturated heterocycles. The molecular weight excluding hydrogens is 367 g/mol. The molecule has 5 nitrogen and oxygen atoms in total. The number of unbranched alkanes of at least 4 members (excludes halogenated alkanes) is 2. The molecule has 3 N–H and O–H groups in total. The molecule has 120 valence electrons. The van der Waals surface area contributed by atoms with Gasteiger partial charge in [0, 0.05) is 26.1 Å². The lowest BCUT2D eigenvalue weighted by molar-refractivity contribution is -0.118. The predicted molar refractivity (Wildman–Crippen MR) is 96.8 cm³/mol. The van der Waals surface area contributed by atoms with E-state index < -0.39 is 0 Å². The number of halogens is 1. The second-order valence-corrected chi connectivity index (χ2v) is 4.78. The van der Waals surface area contributed by atoms with Gasteiger partial charge in [-0.1, -0.05) is 26.2 Å². The molecule has 6 heteroatoms. The summed E-state index contributed by atoms with van der Waals surface area (Å²) in [5.41, 5.74) is 0. The third-order valence-corrected chi connectivity index (χ3v) is 2.72. The van der Waals surface area contributed by atoms with Gasteiger partial charge in [0.05, 0.1) is 6.54 Å². The molecule has 0 rings (SSSR count). The Morgan fingerprint density at radius 1 is 1.20 bits per heavy atom. The van der Waals surface area contributed by atoms with Crippen LogP contribution >= 0.6 is 24.0 Å². The van der Waals surface area contributed by atoms with Crippen LogP contribution in [0.25, 0.3) is 0 Å². The summed E-state index contributed by atoms with van der Waals surface area (Å²) in [6.45, 7) is 9.97. The lowest BCUT2D eigenvalue weighted by Gasteiger charge is -2.17. The smallest absolute Gasteiger partial charge is 0.216 e. The summed E-state index contributed by atoms with van der Waals surface area (Å²) < 4.78 is 0. The Morgan fingerprint density at radius 2 is 1.90 bits per heavy atom. The van der Waals surface area contributed by atoms with E-state index in [1.807, 2.05) is 6.92 Å².